The number of imide groups is 1. The lowest BCUT2D eigenvalue weighted by Gasteiger charge is -2.18. The molecule has 2 N–H and O–H groups in total. The number of amides is 3. The lowest BCUT2D eigenvalue weighted by atomic mass is 10.1. The Labute approximate surface area is 240 Å². The molecule has 0 atom stereocenters. The number of aryl methyl sites for hydroxylation is 1. The third-order valence-corrected chi connectivity index (χ3v) is 7.14. The highest BCUT2D eigenvalue weighted by Crippen LogP contribution is 2.36. The molecule has 0 unspecified atom stereocenters. The van der Waals surface area contributed by atoms with E-state index < -0.39 is 17.7 Å². The van der Waals surface area contributed by atoms with E-state index in [1.165, 1.54) is 17.9 Å². The van der Waals surface area contributed by atoms with Crippen molar-refractivity contribution in [2.24, 2.45) is 7.05 Å². The molecule has 0 saturated heterocycles. The van der Waals surface area contributed by atoms with Crippen molar-refractivity contribution in [1.29, 1.82) is 0 Å². The molecule has 0 aliphatic carbocycles. The summed E-state index contributed by atoms with van der Waals surface area (Å²) >= 11 is 6.31. The summed E-state index contributed by atoms with van der Waals surface area (Å²) in [4.78, 5) is 53.7. The second-order valence-corrected chi connectivity index (χ2v) is 9.78. The molecule has 11 heteroatoms. The fourth-order valence-electron chi connectivity index (χ4n) is 4.59. The minimum Gasteiger partial charge on any atom is -0.495 e. The van der Waals surface area contributed by atoms with E-state index in [0.29, 0.717) is 22.8 Å². The van der Waals surface area contributed by atoms with Gasteiger partial charge in [-0.2, -0.15) is 0 Å². The zero-order valence-electron chi connectivity index (χ0n) is 22.7. The second-order valence-electron chi connectivity index (χ2n) is 9.41. The normalized spacial score (nSPS) is 13.1. The minimum atomic E-state index is -0.703. The number of benzene rings is 3. The minimum absolute atomic E-state index is 0.137. The Bertz CT molecular complexity index is 1810. The summed E-state index contributed by atoms with van der Waals surface area (Å²) in [6, 6.07) is 20.5. The van der Waals surface area contributed by atoms with E-state index in [0.717, 1.165) is 10.5 Å². The number of methoxy groups -OCH3 is 1. The molecule has 4 aromatic rings. The molecule has 2 heterocycles. The van der Waals surface area contributed by atoms with E-state index in [2.05, 4.69) is 10.6 Å². The Kier molecular flexibility index (Phi) is 7.25. The van der Waals surface area contributed by atoms with E-state index >= 15 is 0 Å². The standard InChI is InChI=1S/C30H26ClN5O5/c1-17-13-14-23(41-4)22(15-17)35-28(38)24(31)26(29(35)39)32-20-10-8-9-19(16-20)27(37)33-25-18(2)34(3)36(30(25)40)21-11-6-5-7-12-21/h5-16,32H,1-4H3,(H,33,37). The number of hydrogen-bond donors (Lipinski definition) is 2. The van der Waals surface area contributed by atoms with Crippen LogP contribution in [0.5, 0.6) is 5.75 Å². The van der Waals surface area contributed by atoms with Crippen LogP contribution in [0, 0.1) is 13.8 Å². The quantitative estimate of drug-likeness (QED) is 0.316. The summed E-state index contributed by atoms with van der Waals surface area (Å²) in [6.45, 7) is 3.56. The van der Waals surface area contributed by atoms with Crippen LogP contribution in [0.15, 0.2) is 88.3 Å². The molecular formula is C30H26ClN5O5. The molecule has 208 valence electrons. The molecule has 1 aromatic heterocycles. The fraction of sp³-hybridized carbons (Fsp3) is 0.133. The summed E-state index contributed by atoms with van der Waals surface area (Å²) in [5, 5.41) is 5.30. The van der Waals surface area contributed by atoms with Crippen molar-refractivity contribution in [3.05, 3.63) is 111 Å². The van der Waals surface area contributed by atoms with Crippen molar-refractivity contribution in [1.82, 2.24) is 9.36 Å². The van der Waals surface area contributed by atoms with E-state index in [-0.39, 0.29) is 33.2 Å². The lowest BCUT2D eigenvalue weighted by Crippen LogP contribution is -2.32. The van der Waals surface area contributed by atoms with Crippen LogP contribution in [0.4, 0.5) is 17.1 Å². The lowest BCUT2D eigenvalue weighted by molar-refractivity contribution is -0.120. The Morgan fingerprint density at radius 3 is 2.34 bits per heavy atom. The van der Waals surface area contributed by atoms with Gasteiger partial charge in [0.15, 0.2) is 0 Å². The summed E-state index contributed by atoms with van der Waals surface area (Å²) in [5.41, 5.74) is 2.51. The second kappa shape index (κ2) is 10.8. The predicted octanol–water partition coefficient (Wildman–Crippen LogP) is 4.49. The third-order valence-electron chi connectivity index (χ3n) is 6.79. The molecule has 0 fully saturated rings. The number of aromatic nitrogens is 2. The first-order valence-corrected chi connectivity index (χ1v) is 13.0. The van der Waals surface area contributed by atoms with Gasteiger partial charge in [-0.1, -0.05) is 41.9 Å². The highest BCUT2D eigenvalue weighted by molar-refractivity contribution is 6.53. The summed E-state index contributed by atoms with van der Waals surface area (Å²) in [6.07, 6.45) is 0. The van der Waals surface area contributed by atoms with Gasteiger partial charge in [0.25, 0.3) is 23.3 Å². The number of hydrogen-bond acceptors (Lipinski definition) is 6. The Hall–Kier alpha value is -5.09. The van der Waals surface area contributed by atoms with Gasteiger partial charge in [0, 0.05) is 18.3 Å². The van der Waals surface area contributed by atoms with Crippen LogP contribution in [0.2, 0.25) is 0 Å². The summed E-state index contributed by atoms with van der Waals surface area (Å²) < 4.78 is 8.47. The van der Waals surface area contributed by atoms with Crippen LogP contribution in [0.1, 0.15) is 21.6 Å². The monoisotopic (exact) mass is 571 g/mol. The van der Waals surface area contributed by atoms with Crippen molar-refractivity contribution in [3.63, 3.8) is 0 Å². The van der Waals surface area contributed by atoms with Gasteiger partial charge in [-0.3, -0.25) is 23.9 Å². The molecule has 41 heavy (non-hydrogen) atoms. The molecule has 5 rings (SSSR count). The highest BCUT2D eigenvalue weighted by Gasteiger charge is 2.40. The van der Waals surface area contributed by atoms with Crippen LogP contribution in [-0.4, -0.2) is 34.2 Å². The maximum absolute atomic E-state index is 13.3. The highest BCUT2D eigenvalue weighted by atomic mass is 35.5. The number of para-hydroxylation sites is 1. The number of nitrogens with one attached hydrogen (secondary N) is 2. The topological polar surface area (TPSA) is 115 Å². The molecule has 0 spiro atoms. The number of nitrogens with zero attached hydrogens (tertiary/aromatic N) is 3. The molecule has 10 nitrogen and oxygen atoms in total. The first-order chi connectivity index (χ1) is 19.6. The van der Waals surface area contributed by atoms with Gasteiger partial charge < -0.3 is 15.4 Å². The van der Waals surface area contributed by atoms with E-state index in [9.17, 15) is 19.2 Å². The molecule has 0 saturated carbocycles. The van der Waals surface area contributed by atoms with Crippen molar-refractivity contribution in [2.75, 3.05) is 22.6 Å². The van der Waals surface area contributed by atoms with Gasteiger partial charge in [0.05, 0.1) is 24.2 Å². The molecule has 1 aliphatic heterocycles. The van der Waals surface area contributed by atoms with E-state index in [4.69, 9.17) is 16.3 Å². The van der Waals surface area contributed by atoms with Gasteiger partial charge >= 0.3 is 0 Å². The molecule has 3 aromatic carbocycles. The van der Waals surface area contributed by atoms with Gasteiger partial charge in [0.1, 0.15) is 22.2 Å². The molecule has 0 bridgehead atoms. The first kappa shape index (κ1) is 27.5. The molecule has 0 radical (unpaired) electrons. The third kappa shape index (κ3) is 4.89. The van der Waals surface area contributed by atoms with Crippen LogP contribution < -0.4 is 25.8 Å². The van der Waals surface area contributed by atoms with Crippen LogP contribution in [0.3, 0.4) is 0 Å². The van der Waals surface area contributed by atoms with Gasteiger partial charge in [-0.15, -0.1) is 0 Å². The number of carbonyl (C=O) groups is 3. The maximum Gasteiger partial charge on any atom is 0.295 e. The van der Waals surface area contributed by atoms with Crippen molar-refractivity contribution < 1.29 is 19.1 Å². The summed E-state index contributed by atoms with van der Waals surface area (Å²) in [5.74, 6) is -1.56. The Morgan fingerprint density at radius 1 is 0.902 bits per heavy atom. The molecule has 3 amide bonds. The van der Waals surface area contributed by atoms with E-state index in [1.807, 2.05) is 25.1 Å². The van der Waals surface area contributed by atoms with Crippen LogP contribution in [-0.2, 0) is 16.6 Å². The van der Waals surface area contributed by atoms with Crippen molar-refractivity contribution >= 4 is 46.4 Å². The smallest absolute Gasteiger partial charge is 0.295 e. The summed E-state index contributed by atoms with van der Waals surface area (Å²) in [7, 11) is 3.18. The van der Waals surface area contributed by atoms with Gasteiger partial charge in [-0.05, 0) is 61.9 Å². The first-order valence-electron chi connectivity index (χ1n) is 12.6. The number of anilines is 3. The Morgan fingerprint density at radius 2 is 1.63 bits per heavy atom. The molecular weight excluding hydrogens is 546 g/mol. The van der Waals surface area contributed by atoms with Crippen LogP contribution >= 0.6 is 11.6 Å². The van der Waals surface area contributed by atoms with Crippen molar-refractivity contribution in [3.8, 4) is 11.4 Å². The van der Waals surface area contributed by atoms with Crippen LogP contribution in [0.25, 0.3) is 5.69 Å². The van der Waals surface area contributed by atoms with E-state index in [1.54, 1.807) is 67.2 Å². The molecule has 1 aliphatic rings. The Balaban J connectivity index is 1.39. The average molecular weight is 572 g/mol. The zero-order chi connectivity index (χ0) is 29.4. The number of rotatable bonds is 7. The van der Waals surface area contributed by atoms with Crippen molar-refractivity contribution in [2.45, 2.75) is 13.8 Å². The number of carbonyl (C=O) groups excluding carboxylic acids is 3. The predicted molar refractivity (Wildman–Crippen MR) is 157 cm³/mol. The average Bonchev–Trinajstić information content (AvgIpc) is 3.31. The largest absolute Gasteiger partial charge is 0.495 e. The maximum atomic E-state index is 13.3. The number of ether oxygens (including phenoxy) is 1. The SMILES string of the molecule is COc1ccc(C)cc1N1C(=O)C(Cl)=C(Nc2cccc(C(=O)Nc3c(C)n(C)n(-c4ccccc4)c3=O)c2)C1=O. The fourth-order valence-corrected chi connectivity index (χ4v) is 4.80. The van der Waals surface area contributed by atoms with Gasteiger partial charge in [-0.25, -0.2) is 9.58 Å². The zero-order valence-corrected chi connectivity index (χ0v) is 23.4. The number of halogens is 1. The van der Waals surface area contributed by atoms with Gasteiger partial charge in [0.2, 0.25) is 0 Å².